The van der Waals surface area contributed by atoms with Crippen molar-refractivity contribution in [3.63, 3.8) is 0 Å². The predicted molar refractivity (Wildman–Crippen MR) is 211 cm³/mol. The van der Waals surface area contributed by atoms with Gasteiger partial charge in [0, 0.05) is 18.4 Å². The number of benzene rings is 1. The molecule has 0 spiro atoms. The molecular weight excluding hydrogens is 829 g/mol. The number of halogens is 4. The molecule has 1 saturated heterocycles. The average molecular weight is 883 g/mol. The lowest BCUT2D eigenvalue weighted by atomic mass is 9.85. The Morgan fingerprint density at radius 1 is 1.02 bits per heavy atom. The summed E-state index contributed by atoms with van der Waals surface area (Å²) in [5, 5.41) is 4.21. The monoisotopic (exact) mass is 882 g/mol. The van der Waals surface area contributed by atoms with Crippen molar-refractivity contribution in [2.75, 3.05) is 13.7 Å². The molecule has 20 heteroatoms. The number of nitrogens with zero attached hydrogens (tertiary/aromatic N) is 3. The summed E-state index contributed by atoms with van der Waals surface area (Å²) in [4.78, 5) is 66.4. The number of rotatable bonds is 7. The van der Waals surface area contributed by atoms with Crippen molar-refractivity contribution in [2.45, 2.75) is 140 Å². The van der Waals surface area contributed by atoms with E-state index in [0.717, 1.165) is 4.90 Å². The van der Waals surface area contributed by atoms with E-state index in [2.05, 4.69) is 20.6 Å². The Hall–Kier alpha value is -4.49. The highest BCUT2D eigenvalue weighted by Crippen LogP contribution is 2.49. The lowest BCUT2D eigenvalue weighted by Crippen LogP contribution is -2.61. The van der Waals surface area contributed by atoms with E-state index in [-0.39, 0.29) is 42.1 Å². The predicted octanol–water partition coefficient (Wildman–Crippen LogP) is 5.20. The van der Waals surface area contributed by atoms with Crippen LogP contribution in [0.3, 0.4) is 0 Å². The fourth-order valence-electron chi connectivity index (χ4n) is 9.13. The average Bonchev–Trinajstić information content (AvgIpc) is 4.09. The molecular formula is C41H54F4N6O9S. The quantitative estimate of drug-likeness (QED) is 0.310. The zero-order chi connectivity index (χ0) is 44.4. The van der Waals surface area contributed by atoms with Gasteiger partial charge < -0.3 is 29.7 Å². The summed E-state index contributed by atoms with van der Waals surface area (Å²) in [6, 6.07) is 1.56. The van der Waals surface area contributed by atoms with Crippen molar-refractivity contribution in [3.8, 4) is 11.6 Å². The van der Waals surface area contributed by atoms with Crippen molar-refractivity contribution in [1.82, 2.24) is 30.2 Å². The minimum atomic E-state index is -4.22. The summed E-state index contributed by atoms with van der Waals surface area (Å²) in [7, 11) is -2.80. The summed E-state index contributed by atoms with van der Waals surface area (Å²) in [6.45, 7) is 8.08. The van der Waals surface area contributed by atoms with Gasteiger partial charge in [-0.25, -0.2) is 32.0 Å². The maximum absolute atomic E-state index is 16.5. The highest BCUT2D eigenvalue weighted by Gasteiger charge is 2.67. The number of amides is 4. The fraction of sp³-hybridized carbons (Fsp3) is 0.707. The Bertz CT molecular complexity index is 2170. The molecule has 2 bridgehead atoms. The molecule has 1 aromatic heterocycles. The Balaban J connectivity index is 1.29. The van der Waals surface area contributed by atoms with Gasteiger partial charge in [0.15, 0.2) is 5.69 Å². The number of methoxy groups -OCH3 is 1. The van der Waals surface area contributed by atoms with Gasteiger partial charge in [-0.15, -0.1) is 0 Å². The van der Waals surface area contributed by atoms with E-state index in [4.69, 9.17) is 14.2 Å². The minimum Gasteiger partial charge on any atom is -0.497 e. The Morgan fingerprint density at radius 2 is 1.74 bits per heavy atom. The maximum Gasteiger partial charge on any atom is 0.408 e. The molecule has 1 aromatic carbocycles. The number of fused-ring (bicyclic) bond motifs is 5. The first-order valence-electron chi connectivity index (χ1n) is 20.9. The topological polar surface area (TPSA) is 195 Å². The van der Waals surface area contributed by atoms with Crippen molar-refractivity contribution in [2.24, 2.45) is 29.1 Å². The van der Waals surface area contributed by atoms with Gasteiger partial charge in [-0.1, -0.05) is 41.0 Å². The van der Waals surface area contributed by atoms with Gasteiger partial charge in [0.2, 0.25) is 34.1 Å². The molecule has 2 aromatic rings. The van der Waals surface area contributed by atoms with E-state index in [9.17, 15) is 36.4 Å². The summed E-state index contributed by atoms with van der Waals surface area (Å²) >= 11 is 0. The first kappa shape index (κ1) is 44.6. The highest BCUT2D eigenvalue weighted by molar-refractivity contribution is 7.91. The number of sulfonamides is 1. The third-order valence-electron chi connectivity index (χ3n) is 12.9. The molecule has 61 heavy (non-hydrogen) atoms. The molecule has 4 fully saturated rings. The number of nitrogens with one attached hydrogen (secondary N) is 3. The molecule has 3 heterocycles. The Labute approximate surface area is 351 Å². The van der Waals surface area contributed by atoms with Gasteiger partial charge in [-0.05, 0) is 74.3 Å². The van der Waals surface area contributed by atoms with Gasteiger partial charge in [-0.2, -0.15) is 8.78 Å². The summed E-state index contributed by atoms with van der Waals surface area (Å²) in [5.74, 6) is -9.80. The van der Waals surface area contributed by atoms with Crippen LogP contribution in [0, 0.1) is 29.1 Å². The van der Waals surface area contributed by atoms with Gasteiger partial charge in [0.1, 0.15) is 35.6 Å². The second kappa shape index (κ2) is 16.3. The van der Waals surface area contributed by atoms with Gasteiger partial charge in [0.05, 0.1) is 35.9 Å². The zero-order valence-electron chi connectivity index (χ0n) is 35.0. The normalized spacial score (nSPS) is 32.1. The fourth-order valence-corrected chi connectivity index (χ4v) is 10.5. The maximum atomic E-state index is 16.5. The molecule has 0 radical (unpaired) electrons. The van der Waals surface area contributed by atoms with Crippen molar-refractivity contribution < 1.29 is 59.4 Å². The number of ether oxygens (including phenoxy) is 3. The van der Waals surface area contributed by atoms with Crippen molar-refractivity contribution in [1.29, 1.82) is 0 Å². The van der Waals surface area contributed by atoms with Crippen LogP contribution in [-0.2, 0) is 35.1 Å². The van der Waals surface area contributed by atoms with Crippen LogP contribution in [0.25, 0.3) is 11.0 Å². The van der Waals surface area contributed by atoms with Gasteiger partial charge in [0.25, 0.3) is 11.8 Å². The molecule has 9 atom stereocenters. The van der Waals surface area contributed by atoms with E-state index in [0.29, 0.717) is 31.4 Å². The van der Waals surface area contributed by atoms with Crippen LogP contribution in [0.4, 0.5) is 22.4 Å². The summed E-state index contributed by atoms with van der Waals surface area (Å²) < 4.78 is 106. The van der Waals surface area contributed by atoms with Crippen molar-refractivity contribution >= 4 is 44.9 Å². The number of alkyl carbamates (subject to hydrolysis) is 1. The molecule has 0 unspecified atom stereocenters. The van der Waals surface area contributed by atoms with Crippen molar-refractivity contribution in [3.05, 3.63) is 23.9 Å². The van der Waals surface area contributed by atoms with Crippen LogP contribution in [0.1, 0.15) is 98.1 Å². The molecule has 2 aliphatic heterocycles. The number of alkyl halides is 4. The smallest absolute Gasteiger partial charge is 0.408 e. The van der Waals surface area contributed by atoms with Crippen LogP contribution in [0.5, 0.6) is 11.6 Å². The minimum absolute atomic E-state index is 0.0892. The Morgan fingerprint density at radius 3 is 2.38 bits per heavy atom. The molecule has 336 valence electrons. The van der Waals surface area contributed by atoms with Crippen LogP contribution in [0.15, 0.2) is 18.2 Å². The first-order chi connectivity index (χ1) is 28.5. The molecule has 5 aliphatic rings. The third kappa shape index (κ3) is 9.05. The number of hydrogen-bond acceptors (Lipinski definition) is 11. The van der Waals surface area contributed by atoms with Crippen LogP contribution in [-0.4, -0.2) is 102 Å². The standard InChI is InChI=1S/C41H54F4N6O9S/c1-20-15-22-9-7-8-14-41(44,45)31-35(47-27-17-23(58-6)10-13-26(27)46-31)59-29-19-51(36(53)32(39(3,4)5)48-38(55)60-28(22)16-20)30(21(29)2)34(52)49-40(18-25(40)33(42)43)37(54)50-61(56,57)24-11-12-24/h10,13,17,20-22,24-25,28-30,32-33H,7-9,11-12,14-16,18-19H2,1-6H3,(H,48,55)(H,49,52)(H,50,54)/t20-,21-,22-,25+,28-,29+,30+,32-,40-/m1/s1. The molecule has 15 nitrogen and oxygen atoms in total. The molecule has 7 rings (SSSR count). The van der Waals surface area contributed by atoms with E-state index in [1.165, 1.54) is 26.2 Å². The van der Waals surface area contributed by atoms with Crippen LogP contribution in [0.2, 0.25) is 0 Å². The molecule has 4 amide bonds. The van der Waals surface area contributed by atoms with Crippen LogP contribution >= 0.6 is 0 Å². The highest BCUT2D eigenvalue weighted by atomic mass is 32.2. The van der Waals surface area contributed by atoms with Gasteiger partial charge in [-0.3, -0.25) is 19.1 Å². The third-order valence-corrected chi connectivity index (χ3v) is 14.7. The molecule has 3 aliphatic carbocycles. The summed E-state index contributed by atoms with van der Waals surface area (Å²) in [6.07, 6.45) is -4.25. The second-order valence-electron chi connectivity index (χ2n) is 18.6. The number of aromatic nitrogens is 2. The van der Waals surface area contributed by atoms with E-state index >= 15 is 8.78 Å². The molecule has 3 N–H and O–H groups in total. The largest absolute Gasteiger partial charge is 0.497 e. The first-order valence-corrected chi connectivity index (χ1v) is 22.4. The van der Waals surface area contributed by atoms with E-state index in [1.54, 1.807) is 26.8 Å². The zero-order valence-corrected chi connectivity index (χ0v) is 35.8. The second-order valence-corrected chi connectivity index (χ2v) is 20.6. The number of hydrogen-bond donors (Lipinski definition) is 3. The molecule has 3 saturated carbocycles. The Kier molecular flexibility index (Phi) is 11.9. The van der Waals surface area contributed by atoms with Gasteiger partial charge >= 0.3 is 6.09 Å². The van der Waals surface area contributed by atoms with E-state index in [1.807, 2.05) is 11.6 Å². The summed E-state index contributed by atoms with van der Waals surface area (Å²) in [5.41, 5.74) is -3.83. The lowest BCUT2D eigenvalue weighted by molar-refractivity contribution is -0.143. The SMILES string of the molecule is COc1ccc2nc3c(nc2c1)O[C@H]1CN(C(=O)[C@H](C(C)(C)C)NC(=O)O[C@@H]2C[C@H](C)C[C@H]2CCCCC3(F)F)[C@H](C(=O)N[C@]2(C(=O)NS(=O)(=O)C3CC3)C[C@H]2C(F)F)[C@@H]1C. The lowest BCUT2D eigenvalue weighted by Gasteiger charge is -2.36. The number of carbonyl (C=O) groups is 4. The van der Waals surface area contributed by atoms with E-state index < -0.39 is 129 Å². The van der Waals surface area contributed by atoms with Crippen LogP contribution < -0.4 is 24.8 Å². The number of carbonyl (C=O) groups excluding carboxylic acids is 4.